The minimum Gasteiger partial charge on any atom is -0.379 e. The Bertz CT molecular complexity index is 615. The number of hydrogen-bond donors (Lipinski definition) is 2. The van der Waals surface area contributed by atoms with E-state index in [9.17, 15) is 8.42 Å². The maximum absolute atomic E-state index is 12.2. The number of aromatic nitrogens is 1. The van der Waals surface area contributed by atoms with Crippen molar-refractivity contribution in [2.24, 2.45) is 5.73 Å². The van der Waals surface area contributed by atoms with Gasteiger partial charge in [0.15, 0.2) is 0 Å². The van der Waals surface area contributed by atoms with Gasteiger partial charge in [0, 0.05) is 31.0 Å². The van der Waals surface area contributed by atoms with Crippen LogP contribution in [0.15, 0.2) is 23.4 Å². The van der Waals surface area contributed by atoms with E-state index in [0.717, 1.165) is 0 Å². The molecule has 3 N–H and O–H groups in total. The standard InChI is InChI=1S/C12H16N4O3S/c13-3-1-2-11-8-12(10-14-9-11)20(17,18)15-16-4-6-19-7-5-16/h8-10,15H,3-7,13H2. The van der Waals surface area contributed by atoms with Crippen molar-refractivity contribution in [2.45, 2.75) is 4.90 Å². The normalized spacial score (nSPS) is 16.4. The lowest BCUT2D eigenvalue weighted by Gasteiger charge is -2.26. The van der Waals surface area contributed by atoms with Gasteiger partial charge in [0.05, 0.1) is 19.8 Å². The number of ether oxygens (including phenoxy) is 1. The summed E-state index contributed by atoms with van der Waals surface area (Å²) >= 11 is 0. The first-order valence-electron chi connectivity index (χ1n) is 6.11. The molecule has 1 aliphatic heterocycles. The summed E-state index contributed by atoms with van der Waals surface area (Å²) in [7, 11) is -3.65. The summed E-state index contributed by atoms with van der Waals surface area (Å²) in [5.74, 6) is 5.42. The summed E-state index contributed by atoms with van der Waals surface area (Å²) in [4.78, 5) is 6.48. The molecule has 1 saturated heterocycles. The second-order valence-electron chi connectivity index (χ2n) is 4.11. The SMILES string of the molecule is NCC#Cc1cncc(S(=O)(=O)NN2CCOCC2)c1. The van der Waals surface area contributed by atoms with E-state index in [-0.39, 0.29) is 11.4 Å². The Labute approximate surface area is 118 Å². The molecule has 108 valence electrons. The first-order valence-corrected chi connectivity index (χ1v) is 7.59. The van der Waals surface area contributed by atoms with Gasteiger partial charge in [0.1, 0.15) is 4.90 Å². The lowest BCUT2D eigenvalue weighted by molar-refractivity contribution is 0.0272. The topological polar surface area (TPSA) is 97.5 Å². The number of nitrogens with zero attached hydrogens (tertiary/aromatic N) is 2. The number of hydrogen-bond acceptors (Lipinski definition) is 6. The molecule has 7 nitrogen and oxygen atoms in total. The molecule has 0 atom stereocenters. The van der Waals surface area contributed by atoms with E-state index in [1.807, 2.05) is 0 Å². The number of morpholine rings is 1. The monoisotopic (exact) mass is 296 g/mol. The lowest BCUT2D eigenvalue weighted by atomic mass is 10.3. The Hall–Kier alpha value is -1.50. The van der Waals surface area contributed by atoms with Gasteiger partial charge in [0.2, 0.25) is 0 Å². The van der Waals surface area contributed by atoms with Crippen molar-refractivity contribution >= 4 is 10.0 Å². The number of nitrogens with two attached hydrogens (primary N) is 1. The zero-order valence-electron chi connectivity index (χ0n) is 10.9. The van der Waals surface area contributed by atoms with Gasteiger partial charge < -0.3 is 10.5 Å². The number of pyridine rings is 1. The predicted octanol–water partition coefficient (Wildman–Crippen LogP) is -1.08. The van der Waals surface area contributed by atoms with Gasteiger partial charge in [-0.2, -0.15) is 0 Å². The molecule has 0 aliphatic carbocycles. The molecule has 0 radical (unpaired) electrons. The van der Waals surface area contributed by atoms with Crippen LogP contribution in [-0.2, 0) is 14.8 Å². The molecule has 1 fully saturated rings. The van der Waals surface area contributed by atoms with Crippen LogP contribution >= 0.6 is 0 Å². The average Bonchev–Trinajstić information content (AvgIpc) is 2.46. The van der Waals surface area contributed by atoms with Crippen LogP contribution in [0.1, 0.15) is 5.56 Å². The van der Waals surface area contributed by atoms with E-state index in [4.69, 9.17) is 10.5 Å². The molecule has 8 heteroatoms. The molecule has 1 aromatic rings. The van der Waals surface area contributed by atoms with E-state index in [2.05, 4.69) is 21.7 Å². The number of rotatable bonds is 3. The van der Waals surface area contributed by atoms with Crippen molar-refractivity contribution in [3.05, 3.63) is 24.0 Å². The molecular formula is C12H16N4O3S. The summed E-state index contributed by atoms with van der Waals surface area (Å²) in [5, 5.41) is 1.61. The van der Waals surface area contributed by atoms with Crippen molar-refractivity contribution in [3.8, 4) is 11.8 Å². The van der Waals surface area contributed by atoms with E-state index in [1.54, 1.807) is 5.01 Å². The molecule has 1 aliphatic rings. The maximum Gasteiger partial charge on any atom is 0.255 e. The summed E-state index contributed by atoms with van der Waals surface area (Å²) in [5.41, 5.74) is 5.79. The molecule has 1 aromatic heterocycles. The van der Waals surface area contributed by atoms with Crippen LogP contribution in [0.3, 0.4) is 0 Å². The van der Waals surface area contributed by atoms with Gasteiger partial charge in [0.25, 0.3) is 10.0 Å². The maximum atomic E-state index is 12.2. The van der Waals surface area contributed by atoms with Gasteiger partial charge in [-0.15, -0.1) is 4.83 Å². The third kappa shape index (κ3) is 4.00. The Balaban J connectivity index is 2.16. The fourth-order valence-electron chi connectivity index (χ4n) is 1.66. The van der Waals surface area contributed by atoms with Crippen molar-refractivity contribution < 1.29 is 13.2 Å². The van der Waals surface area contributed by atoms with Gasteiger partial charge in [-0.1, -0.05) is 11.8 Å². The summed E-state index contributed by atoms with van der Waals surface area (Å²) in [6.07, 6.45) is 2.78. The fraction of sp³-hybridized carbons (Fsp3) is 0.417. The van der Waals surface area contributed by atoms with Crippen LogP contribution in [0.2, 0.25) is 0 Å². The number of hydrazine groups is 1. The summed E-state index contributed by atoms with van der Waals surface area (Å²) in [6, 6.07) is 1.47. The van der Waals surface area contributed by atoms with E-state index in [0.29, 0.717) is 31.9 Å². The molecule has 20 heavy (non-hydrogen) atoms. The highest BCUT2D eigenvalue weighted by Gasteiger charge is 2.20. The summed E-state index contributed by atoms with van der Waals surface area (Å²) in [6.45, 7) is 2.24. The van der Waals surface area contributed by atoms with E-state index < -0.39 is 10.0 Å². The quantitative estimate of drug-likeness (QED) is 0.688. The Kier molecular flexibility index (Phi) is 5.05. The van der Waals surface area contributed by atoms with Crippen molar-refractivity contribution in [2.75, 3.05) is 32.8 Å². The molecule has 0 bridgehead atoms. The highest BCUT2D eigenvalue weighted by molar-refractivity contribution is 7.89. The summed E-state index contributed by atoms with van der Waals surface area (Å²) < 4.78 is 29.6. The highest BCUT2D eigenvalue weighted by atomic mass is 32.2. The van der Waals surface area contributed by atoms with Crippen molar-refractivity contribution in [1.29, 1.82) is 0 Å². The van der Waals surface area contributed by atoms with Crippen LogP contribution in [0.25, 0.3) is 0 Å². The molecule has 0 saturated carbocycles. The van der Waals surface area contributed by atoms with Crippen molar-refractivity contribution in [1.82, 2.24) is 14.8 Å². The van der Waals surface area contributed by atoms with Gasteiger partial charge in [-0.3, -0.25) is 4.98 Å². The zero-order chi connectivity index (χ0) is 14.4. The molecule has 0 spiro atoms. The molecule has 0 unspecified atom stereocenters. The Morgan fingerprint density at radius 2 is 2.15 bits per heavy atom. The van der Waals surface area contributed by atoms with Crippen LogP contribution in [-0.4, -0.2) is 51.3 Å². The van der Waals surface area contributed by atoms with Crippen LogP contribution < -0.4 is 10.6 Å². The third-order valence-electron chi connectivity index (χ3n) is 2.62. The minimum absolute atomic E-state index is 0.0767. The lowest BCUT2D eigenvalue weighted by Crippen LogP contribution is -2.48. The first kappa shape index (κ1) is 14.9. The third-order valence-corrected chi connectivity index (χ3v) is 3.96. The average molecular weight is 296 g/mol. The second kappa shape index (κ2) is 6.78. The van der Waals surface area contributed by atoms with Gasteiger partial charge in [-0.25, -0.2) is 13.4 Å². The van der Waals surface area contributed by atoms with Crippen LogP contribution in [0.4, 0.5) is 0 Å². The van der Waals surface area contributed by atoms with Crippen molar-refractivity contribution in [3.63, 3.8) is 0 Å². The predicted molar refractivity (Wildman–Crippen MR) is 72.9 cm³/mol. The van der Waals surface area contributed by atoms with E-state index >= 15 is 0 Å². The fourth-order valence-corrected chi connectivity index (χ4v) is 2.77. The molecule has 2 heterocycles. The van der Waals surface area contributed by atoms with Gasteiger partial charge in [-0.05, 0) is 6.07 Å². The molecule has 2 rings (SSSR count). The first-order chi connectivity index (χ1) is 9.62. The smallest absolute Gasteiger partial charge is 0.255 e. The second-order valence-corrected chi connectivity index (χ2v) is 5.77. The van der Waals surface area contributed by atoms with Crippen LogP contribution in [0.5, 0.6) is 0 Å². The molecular weight excluding hydrogens is 280 g/mol. The molecule has 0 aromatic carbocycles. The van der Waals surface area contributed by atoms with Gasteiger partial charge >= 0.3 is 0 Å². The van der Waals surface area contributed by atoms with E-state index in [1.165, 1.54) is 18.5 Å². The van der Waals surface area contributed by atoms with Crippen LogP contribution in [0, 0.1) is 11.8 Å². The highest BCUT2D eigenvalue weighted by Crippen LogP contribution is 2.10. The number of nitrogens with one attached hydrogen (secondary N) is 1. The number of sulfonamides is 1. The zero-order valence-corrected chi connectivity index (χ0v) is 11.7. The Morgan fingerprint density at radius 3 is 2.85 bits per heavy atom. The Morgan fingerprint density at radius 1 is 1.40 bits per heavy atom. The minimum atomic E-state index is -3.65. The largest absolute Gasteiger partial charge is 0.379 e. The molecule has 0 amide bonds.